The van der Waals surface area contributed by atoms with Crippen LogP contribution in [-0.2, 0) is 13.0 Å². The van der Waals surface area contributed by atoms with Crippen LogP contribution in [0.15, 0.2) is 73.1 Å². The number of imidazole rings is 1. The maximum absolute atomic E-state index is 12.2. The minimum absolute atomic E-state index is 0.113. The number of nitrogens with zero attached hydrogens (tertiary/aromatic N) is 3. The van der Waals surface area contributed by atoms with Crippen molar-refractivity contribution in [3.8, 4) is 5.75 Å². The SMILES string of the molecule is O=C(NCCCc1nc2ccccc2n1CCOc1ccc(Cl)cc1)c1cccnc1. The molecular weight excluding hydrogens is 412 g/mol. The van der Waals surface area contributed by atoms with Gasteiger partial charge in [0.15, 0.2) is 0 Å². The molecule has 0 saturated carbocycles. The number of rotatable bonds is 9. The van der Waals surface area contributed by atoms with E-state index in [2.05, 4.69) is 20.9 Å². The molecule has 1 amide bonds. The van der Waals surface area contributed by atoms with Crippen LogP contribution in [0.4, 0.5) is 0 Å². The van der Waals surface area contributed by atoms with Crippen LogP contribution in [0.3, 0.4) is 0 Å². The molecule has 0 aliphatic heterocycles. The van der Waals surface area contributed by atoms with Crippen LogP contribution in [0.2, 0.25) is 5.02 Å². The molecule has 158 valence electrons. The standard InChI is InChI=1S/C24H23ClN4O2/c25-19-9-11-20(12-10-19)31-16-15-29-22-7-2-1-6-21(22)28-23(29)8-4-14-27-24(30)18-5-3-13-26-17-18/h1-3,5-7,9-13,17H,4,8,14-16H2,(H,27,30). The van der Waals surface area contributed by atoms with E-state index < -0.39 is 0 Å². The number of aromatic nitrogens is 3. The van der Waals surface area contributed by atoms with Crippen LogP contribution in [0.1, 0.15) is 22.6 Å². The third-order valence-electron chi connectivity index (χ3n) is 4.92. The van der Waals surface area contributed by atoms with Crippen molar-refractivity contribution in [3.63, 3.8) is 0 Å². The van der Waals surface area contributed by atoms with Crippen molar-refractivity contribution in [1.29, 1.82) is 0 Å². The molecule has 2 heterocycles. The maximum Gasteiger partial charge on any atom is 0.252 e. The summed E-state index contributed by atoms with van der Waals surface area (Å²) in [4.78, 5) is 20.9. The molecule has 0 bridgehead atoms. The van der Waals surface area contributed by atoms with Gasteiger partial charge in [-0.15, -0.1) is 0 Å². The van der Waals surface area contributed by atoms with Crippen molar-refractivity contribution in [3.05, 3.63) is 89.5 Å². The highest BCUT2D eigenvalue weighted by atomic mass is 35.5. The third-order valence-corrected chi connectivity index (χ3v) is 5.17. The molecule has 0 spiro atoms. The second-order valence-electron chi connectivity index (χ2n) is 7.07. The largest absolute Gasteiger partial charge is 0.492 e. The van der Waals surface area contributed by atoms with Crippen LogP contribution in [0.25, 0.3) is 11.0 Å². The Labute approximate surface area is 185 Å². The van der Waals surface area contributed by atoms with E-state index in [1.807, 2.05) is 42.5 Å². The Kier molecular flexibility index (Phi) is 6.79. The van der Waals surface area contributed by atoms with Crippen molar-refractivity contribution in [2.45, 2.75) is 19.4 Å². The lowest BCUT2D eigenvalue weighted by Gasteiger charge is -2.11. The van der Waals surface area contributed by atoms with Crippen LogP contribution in [-0.4, -0.2) is 33.6 Å². The summed E-state index contributed by atoms with van der Waals surface area (Å²) in [7, 11) is 0. The average Bonchev–Trinajstić information content (AvgIpc) is 3.16. The molecule has 4 rings (SSSR count). The summed E-state index contributed by atoms with van der Waals surface area (Å²) in [5.41, 5.74) is 2.61. The predicted octanol–water partition coefficient (Wildman–Crippen LogP) is 4.53. The number of amides is 1. The molecule has 1 N–H and O–H groups in total. The van der Waals surface area contributed by atoms with E-state index in [0.717, 1.165) is 35.4 Å². The molecule has 0 radical (unpaired) electrons. The number of benzene rings is 2. The summed E-state index contributed by atoms with van der Waals surface area (Å²) >= 11 is 5.93. The number of para-hydroxylation sites is 2. The molecule has 31 heavy (non-hydrogen) atoms. The molecule has 7 heteroatoms. The van der Waals surface area contributed by atoms with Gasteiger partial charge in [-0.3, -0.25) is 9.78 Å². The fraction of sp³-hybridized carbons (Fsp3) is 0.208. The predicted molar refractivity (Wildman–Crippen MR) is 122 cm³/mol. The molecule has 2 aromatic heterocycles. The number of hydrogen-bond donors (Lipinski definition) is 1. The zero-order valence-electron chi connectivity index (χ0n) is 17.0. The lowest BCUT2D eigenvalue weighted by Crippen LogP contribution is -2.25. The fourth-order valence-electron chi connectivity index (χ4n) is 3.40. The smallest absolute Gasteiger partial charge is 0.252 e. The zero-order chi connectivity index (χ0) is 21.5. The van der Waals surface area contributed by atoms with Gasteiger partial charge in [-0.05, 0) is 55.0 Å². The Balaban J connectivity index is 1.36. The first kappa shape index (κ1) is 20.9. The fourth-order valence-corrected chi connectivity index (χ4v) is 3.52. The van der Waals surface area contributed by atoms with Crippen molar-refractivity contribution < 1.29 is 9.53 Å². The van der Waals surface area contributed by atoms with Gasteiger partial charge < -0.3 is 14.6 Å². The highest BCUT2D eigenvalue weighted by Crippen LogP contribution is 2.19. The molecule has 0 saturated heterocycles. The number of fused-ring (bicyclic) bond motifs is 1. The monoisotopic (exact) mass is 434 g/mol. The van der Waals surface area contributed by atoms with Gasteiger partial charge in [0.1, 0.15) is 18.2 Å². The van der Waals surface area contributed by atoms with Gasteiger partial charge in [-0.1, -0.05) is 23.7 Å². The molecule has 2 aromatic carbocycles. The minimum Gasteiger partial charge on any atom is -0.492 e. The van der Waals surface area contributed by atoms with Gasteiger partial charge in [-0.2, -0.15) is 0 Å². The molecule has 0 aliphatic carbocycles. The van der Waals surface area contributed by atoms with E-state index in [9.17, 15) is 4.79 Å². The molecule has 6 nitrogen and oxygen atoms in total. The first-order valence-corrected chi connectivity index (χ1v) is 10.6. The summed E-state index contributed by atoms with van der Waals surface area (Å²) < 4.78 is 8.06. The summed E-state index contributed by atoms with van der Waals surface area (Å²) in [6.45, 7) is 1.77. The van der Waals surface area contributed by atoms with Gasteiger partial charge in [0.25, 0.3) is 5.91 Å². The first-order valence-electron chi connectivity index (χ1n) is 10.2. The Morgan fingerprint density at radius 3 is 2.71 bits per heavy atom. The van der Waals surface area contributed by atoms with E-state index in [1.165, 1.54) is 0 Å². The van der Waals surface area contributed by atoms with Crippen LogP contribution in [0, 0.1) is 0 Å². The van der Waals surface area contributed by atoms with Crippen LogP contribution >= 0.6 is 11.6 Å². The van der Waals surface area contributed by atoms with Gasteiger partial charge in [-0.25, -0.2) is 4.98 Å². The van der Waals surface area contributed by atoms with E-state index in [4.69, 9.17) is 21.3 Å². The topological polar surface area (TPSA) is 69.0 Å². The first-order chi connectivity index (χ1) is 15.2. The van der Waals surface area contributed by atoms with Crippen molar-refractivity contribution in [2.24, 2.45) is 0 Å². The average molecular weight is 435 g/mol. The number of halogens is 1. The molecular formula is C24H23ClN4O2. The number of aryl methyl sites for hydroxylation is 1. The van der Waals surface area contributed by atoms with Crippen LogP contribution in [0.5, 0.6) is 5.75 Å². The Morgan fingerprint density at radius 1 is 1.06 bits per heavy atom. The number of hydrogen-bond acceptors (Lipinski definition) is 4. The number of carbonyl (C=O) groups is 1. The van der Waals surface area contributed by atoms with Gasteiger partial charge in [0.05, 0.1) is 23.1 Å². The molecule has 0 atom stereocenters. The van der Waals surface area contributed by atoms with Crippen LogP contribution < -0.4 is 10.1 Å². The molecule has 0 unspecified atom stereocenters. The second-order valence-corrected chi connectivity index (χ2v) is 7.51. The minimum atomic E-state index is -0.113. The van der Waals surface area contributed by atoms with Gasteiger partial charge in [0, 0.05) is 30.4 Å². The number of ether oxygens (including phenoxy) is 1. The Hall–Kier alpha value is -3.38. The molecule has 0 aliphatic rings. The van der Waals surface area contributed by atoms with E-state index in [-0.39, 0.29) is 5.91 Å². The van der Waals surface area contributed by atoms with Gasteiger partial charge in [0.2, 0.25) is 0 Å². The van der Waals surface area contributed by atoms with Crippen molar-refractivity contribution in [2.75, 3.05) is 13.2 Å². The second kappa shape index (κ2) is 10.1. The summed E-state index contributed by atoms with van der Waals surface area (Å²) in [5.74, 6) is 1.66. The summed E-state index contributed by atoms with van der Waals surface area (Å²) in [5, 5.41) is 3.63. The molecule has 0 fully saturated rings. The van der Waals surface area contributed by atoms with Gasteiger partial charge >= 0.3 is 0 Å². The van der Waals surface area contributed by atoms with E-state index >= 15 is 0 Å². The number of carbonyl (C=O) groups excluding carboxylic acids is 1. The highest BCUT2D eigenvalue weighted by molar-refractivity contribution is 6.30. The van der Waals surface area contributed by atoms with E-state index in [0.29, 0.717) is 30.3 Å². The summed E-state index contributed by atoms with van der Waals surface area (Å²) in [6, 6.07) is 18.9. The quantitative estimate of drug-likeness (QED) is 0.393. The lowest BCUT2D eigenvalue weighted by atomic mass is 10.2. The number of pyridine rings is 1. The highest BCUT2D eigenvalue weighted by Gasteiger charge is 2.11. The van der Waals surface area contributed by atoms with E-state index in [1.54, 1.807) is 24.5 Å². The normalized spacial score (nSPS) is 10.9. The third kappa shape index (κ3) is 5.41. The number of nitrogens with one attached hydrogen (secondary N) is 1. The Morgan fingerprint density at radius 2 is 1.90 bits per heavy atom. The Bertz CT molecular complexity index is 1140. The van der Waals surface area contributed by atoms with Crippen molar-refractivity contribution in [1.82, 2.24) is 19.9 Å². The molecule has 4 aromatic rings. The van der Waals surface area contributed by atoms with Crippen molar-refractivity contribution >= 4 is 28.5 Å². The lowest BCUT2D eigenvalue weighted by molar-refractivity contribution is 0.0953. The zero-order valence-corrected chi connectivity index (χ0v) is 17.8. The summed E-state index contributed by atoms with van der Waals surface area (Å²) in [6.07, 6.45) is 4.75. The maximum atomic E-state index is 12.2.